The van der Waals surface area contributed by atoms with E-state index in [2.05, 4.69) is 20.1 Å². The van der Waals surface area contributed by atoms with Crippen LogP contribution in [0, 0.1) is 11.6 Å². The number of rotatable bonds is 4. The zero-order valence-electron chi connectivity index (χ0n) is 12.8. The van der Waals surface area contributed by atoms with Crippen LogP contribution in [0.5, 0.6) is 11.5 Å². The quantitative estimate of drug-likeness (QED) is 0.820. The number of anilines is 2. The molecule has 5 nitrogen and oxygen atoms in total. The molecule has 0 aromatic heterocycles. The van der Waals surface area contributed by atoms with Crippen LogP contribution >= 0.6 is 0 Å². The highest BCUT2D eigenvalue weighted by Gasteiger charge is 2.43. The van der Waals surface area contributed by atoms with Gasteiger partial charge in [0.1, 0.15) is 6.04 Å². The molecular weight excluding hydrogens is 344 g/mol. The topological polar surface area (TPSA) is 59.6 Å². The summed E-state index contributed by atoms with van der Waals surface area (Å²) >= 11 is 0. The second kappa shape index (κ2) is 6.15. The Kier molecular flexibility index (Phi) is 4.15. The Morgan fingerprint density at radius 1 is 1.00 bits per heavy atom. The number of hydrogen-bond donors (Lipinski definition) is 2. The highest BCUT2D eigenvalue weighted by Crippen LogP contribution is 2.42. The molecule has 0 saturated heterocycles. The normalized spacial score (nSPS) is 15.6. The minimum atomic E-state index is -3.73. The maximum atomic E-state index is 13.1. The van der Waals surface area contributed by atoms with Crippen molar-refractivity contribution in [3.05, 3.63) is 48.0 Å². The van der Waals surface area contributed by atoms with E-state index in [1.165, 1.54) is 31.2 Å². The van der Waals surface area contributed by atoms with E-state index in [1.807, 2.05) is 0 Å². The van der Waals surface area contributed by atoms with E-state index in [-0.39, 0.29) is 17.2 Å². The highest BCUT2D eigenvalue weighted by atomic mass is 19.3. The first-order valence-corrected chi connectivity index (χ1v) is 7.16. The van der Waals surface area contributed by atoms with Crippen LogP contribution in [0.3, 0.4) is 0 Å². The molecule has 2 N–H and O–H groups in total. The lowest BCUT2D eigenvalue weighted by Crippen LogP contribution is -2.31. The van der Waals surface area contributed by atoms with Gasteiger partial charge >= 0.3 is 6.29 Å². The summed E-state index contributed by atoms with van der Waals surface area (Å²) in [5.74, 6) is -2.93. The number of alkyl halides is 2. The molecule has 0 bridgehead atoms. The van der Waals surface area contributed by atoms with Gasteiger partial charge in [0.05, 0.1) is 0 Å². The van der Waals surface area contributed by atoms with Crippen LogP contribution < -0.4 is 20.1 Å². The number of carbonyl (C=O) groups excluding carboxylic acids is 1. The fourth-order valence-corrected chi connectivity index (χ4v) is 2.18. The molecule has 0 spiro atoms. The van der Waals surface area contributed by atoms with E-state index in [0.717, 1.165) is 12.1 Å². The van der Waals surface area contributed by atoms with Gasteiger partial charge in [-0.15, -0.1) is 8.78 Å². The summed E-state index contributed by atoms with van der Waals surface area (Å²) in [6.45, 7) is 1.51. The van der Waals surface area contributed by atoms with Crippen LogP contribution in [0.1, 0.15) is 6.92 Å². The largest absolute Gasteiger partial charge is 0.586 e. The fourth-order valence-electron chi connectivity index (χ4n) is 2.18. The summed E-state index contributed by atoms with van der Waals surface area (Å²) in [5.41, 5.74) is 0.427. The Morgan fingerprint density at radius 3 is 2.40 bits per heavy atom. The van der Waals surface area contributed by atoms with Crippen molar-refractivity contribution < 1.29 is 31.8 Å². The first-order chi connectivity index (χ1) is 11.7. The molecule has 25 heavy (non-hydrogen) atoms. The first kappa shape index (κ1) is 16.9. The number of fused-ring (bicyclic) bond motifs is 1. The smallest absolute Gasteiger partial charge is 0.395 e. The van der Waals surface area contributed by atoms with Gasteiger partial charge in [-0.25, -0.2) is 8.78 Å². The Hall–Kier alpha value is -2.97. The predicted molar refractivity (Wildman–Crippen MR) is 80.7 cm³/mol. The zero-order valence-corrected chi connectivity index (χ0v) is 12.8. The van der Waals surface area contributed by atoms with E-state index in [4.69, 9.17) is 0 Å². The molecule has 0 fully saturated rings. The first-order valence-electron chi connectivity index (χ1n) is 7.16. The molecule has 1 unspecified atom stereocenters. The van der Waals surface area contributed by atoms with E-state index in [9.17, 15) is 22.4 Å². The van der Waals surface area contributed by atoms with Gasteiger partial charge in [0.25, 0.3) is 0 Å². The van der Waals surface area contributed by atoms with Gasteiger partial charge in [-0.1, -0.05) is 0 Å². The van der Waals surface area contributed by atoms with Gasteiger partial charge in [-0.3, -0.25) is 4.79 Å². The lowest BCUT2D eigenvalue weighted by molar-refractivity contribution is -0.286. The molecule has 0 saturated carbocycles. The van der Waals surface area contributed by atoms with Crippen LogP contribution in [0.2, 0.25) is 0 Å². The third-order valence-electron chi connectivity index (χ3n) is 3.36. The van der Waals surface area contributed by atoms with Crippen LogP contribution in [0.4, 0.5) is 28.9 Å². The number of benzene rings is 2. The average molecular weight is 356 g/mol. The molecule has 3 rings (SSSR count). The second-order valence-electron chi connectivity index (χ2n) is 5.31. The maximum absolute atomic E-state index is 13.1. The summed E-state index contributed by atoms with van der Waals surface area (Å²) < 4.78 is 60.6. The standard InChI is InChI=1S/C16H12F4N2O3/c1-8(15(23)22-9-2-4-11(17)12(18)6-9)21-10-3-5-13-14(7-10)25-16(19,20)24-13/h2-8,21H,1H3,(H,22,23). The summed E-state index contributed by atoms with van der Waals surface area (Å²) in [6.07, 6.45) is -3.73. The Bertz CT molecular complexity index is 829. The minimum absolute atomic E-state index is 0.0860. The molecule has 132 valence electrons. The zero-order chi connectivity index (χ0) is 18.2. The van der Waals surface area contributed by atoms with Crippen LogP contribution in [-0.4, -0.2) is 18.2 Å². The third kappa shape index (κ3) is 3.76. The SMILES string of the molecule is CC(Nc1ccc2c(c1)OC(F)(F)O2)C(=O)Nc1ccc(F)c(F)c1. The number of carbonyl (C=O) groups is 1. The number of nitrogens with one attached hydrogen (secondary N) is 2. The van der Waals surface area contributed by atoms with E-state index >= 15 is 0 Å². The molecule has 1 heterocycles. The Labute approximate surface area is 139 Å². The molecule has 9 heteroatoms. The van der Waals surface area contributed by atoms with E-state index < -0.39 is 29.9 Å². The monoisotopic (exact) mass is 356 g/mol. The molecule has 0 aliphatic carbocycles. The Morgan fingerprint density at radius 2 is 1.68 bits per heavy atom. The van der Waals surface area contributed by atoms with Crippen LogP contribution in [0.15, 0.2) is 36.4 Å². The molecule has 1 atom stereocenters. The molecule has 0 radical (unpaired) electrons. The molecule has 2 aromatic carbocycles. The summed E-state index contributed by atoms with van der Waals surface area (Å²) in [5, 5.41) is 5.20. The van der Waals surface area contributed by atoms with Crippen molar-refractivity contribution >= 4 is 17.3 Å². The van der Waals surface area contributed by atoms with Crippen molar-refractivity contribution in [3.8, 4) is 11.5 Å². The summed E-state index contributed by atoms with van der Waals surface area (Å²) in [6, 6.07) is 6.13. The van der Waals surface area contributed by atoms with Crippen LogP contribution in [-0.2, 0) is 4.79 Å². The second-order valence-corrected chi connectivity index (χ2v) is 5.31. The predicted octanol–water partition coefficient (Wildman–Crippen LogP) is 3.73. The summed E-state index contributed by atoms with van der Waals surface area (Å²) in [7, 11) is 0. The van der Waals surface area contributed by atoms with Gasteiger partial charge in [0.2, 0.25) is 5.91 Å². The number of hydrogen-bond acceptors (Lipinski definition) is 4. The lowest BCUT2D eigenvalue weighted by Gasteiger charge is -2.15. The van der Waals surface area contributed by atoms with Gasteiger partial charge in [0.15, 0.2) is 23.1 Å². The van der Waals surface area contributed by atoms with Gasteiger partial charge in [0, 0.05) is 23.5 Å². The number of ether oxygens (including phenoxy) is 2. The third-order valence-corrected chi connectivity index (χ3v) is 3.36. The van der Waals surface area contributed by atoms with Crippen molar-refractivity contribution in [2.24, 2.45) is 0 Å². The van der Waals surface area contributed by atoms with E-state index in [1.54, 1.807) is 0 Å². The molecule has 2 aromatic rings. The highest BCUT2D eigenvalue weighted by molar-refractivity contribution is 5.96. The van der Waals surface area contributed by atoms with Crippen molar-refractivity contribution in [2.75, 3.05) is 10.6 Å². The fraction of sp³-hybridized carbons (Fsp3) is 0.188. The van der Waals surface area contributed by atoms with Gasteiger partial charge in [-0.2, -0.15) is 0 Å². The number of halogens is 4. The molecule has 1 aliphatic heterocycles. The summed E-state index contributed by atoms with van der Waals surface area (Å²) in [4.78, 5) is 12.1. The van der Waals surface area contributed by atoms with Gasteiger partial charge < -0.3 is 20.1 Å². The lowest BCUT2D eigenvalue weighted by atomic mass is 10.2. The van der Waals surface area contributed by atoms with Crippen molar-refractivity contribution in [3.63, 3.8) is 0 Å². The molecular formula is C16H12F4N2O3. The van der Waals surface area contributed by atoms with Crippen molar-refractivity contribution in [1.29, 1.82) is 0 Å². The van der Waals surface area contributed by atoms with Crippen molar-refractivity contribution in [1.82, 2.24) is 0 Å². The molecule has 1 amide bonds. The maximum Gasteiger partial charge on any atom is 0.586 e. The van der Waals surface area contributed by atoms with Crippen LogP contribution in [0.25, 0.3) is 0 Å². The molecule has 1 aliphatic rings. The minimum Gasteiger partial charge on any atom is -0.395 e. The average Bonchev–Trinajstić information content (AvgIpc) is 2.84. The van der Waals surface area contributed by atoms with E-state index in [0.29, 0.717) is 5.69 Å². The van der Waals surface area contributed by atoms with Crippen molar-refractivity contribution in [2.45, 2.75) is 19.3 Å². The van der Waals surface area contributed by atoms with Gasteiger partial charge in [-0.05, 0) is 31.2 Å². The Balaban J connectivity index is 1.65. The number of amides is 1.